The Labute approximate surface area is 218 Å². The van der Waals surface area contributed by atoms with Crippen molar-refractivity contribution >= 4 is 27.7 Å². The molecule has 0 spiro atoms. The van der Waals surface area contributed by atoms with Crippen LogP contribution in [0.5, 0.6) is 0 Å². The van der Waals surface area contributed by atoms with Gasteiger partial charge in [-0.05, 0) is 37.0 Å². The molecule has 0 radical (unpaired) electrons. The lowest BCUT2D eigenvalue weighted by Gasteiger charge is -2.15. The second-order valence-electron chi connectivity index (χ2n) is 8.83. The summed E-state index contributed by atoms with van der Waals surface area (Å²) in [6.07, 6.45) is -4.20. The Kier molecular flexibility index (Phi) is 7.95. The summed E-state index contributed by atoms with van der Waals surface area (Å²) in [5.41, 5.74) is 0.295. The molecule has 3 aromatic heterocycles. The lowest BCUT2D eigenvalue weighted by atomic mass is 9.95. The van der Waals surface area contributed by atoms with Crippen molar-refractivity contribution in [3.8, 4) is 0 Å². The number of nitrogens with two attached hydrogens (primary N) is 1. The Balaban J connectivity index is 1.50. The highest BCUT2D eigenvalue weighted by atomic mass is 35.5. The van der Waals surface area contributed by atoms with Crippen LogP contribution >= 0.6 is 11.6 Å². The molecular weight excluding hydrogens is 560 g/mol. The van der Waals surface area contributed by atoms with Gasteiger partial charge >= 0.3 is 16.5 Å². The van der Waals surface area contributed by atoms with Gasteiger partial charge in [0.1, 0.15) is 23.4 Å². The highest BCUT2D eigenvalue weighted by molar-refractivity contribution is 7.84. The van der Waals surface area contributed by atoms with Gasteiger partial charge in [-0.2, -0.15) is 21.6 Å². The zero-order valence-corrected chi connectivity index (χ0v) is 20.9. The number of ketones is 1. The fourth-order valence-corrected chi connectivity index (χ4v) is 4.95. The first-order chi connectivity index (χ1) is 17.7. The van der Waals surface area contributed by atoms with E-state index in [4.69, 9.17) is 21.2 Å². The van der Waals surface area contributed by atoms with Gasteiger partial charge in [0, 0.05) is 23.9 Å². The number of nitrogens with zero attached hydrogens (tertiary/aromatic N) is 3. The molecule has 1 saturated carbocycles. The molecule has 206 valence electrons. The predicted molar refractivity (Wildman–Crippen MR) is 123 cm³/mol. The van der Waals surface area contributed by atoms with Gasteiger partial charge < -0.3 is 14.1 Å². The Morgan fingerprint density at radius 1 is 1.32 bits per heavy atom. The summed E-state index contributed by atoms with van der Waals surface area (Å²) in [7, 11) is -4.27. The number of alkyl halides is 4. The third-order valence-electron chi connectivity index (χ3n) is 6.18. The van der Waals surface area contributed by atoms with Gasteiger partial charge in [0.25, 0.3) is 0 Å². The van der Waals surface area contributed by atoms with Crippen LogP contribution in [0.25, 0.3) is 0 Å². The minimum absolute atomic E-state index is 0.0320. The third-order valence-corrected chi connectivity index (χ3v) is 6.97. The largest absolute Gasteiger partial charge is 0.455 e. The molecule has 0 unspecified atom stereocenters. The molecule has 1 fully saturated rings. The van der Waals surface area contributed by atoms with Crippen LogP contribution in [0.15, 0.2) is 41.3 Å². The molecule has 3 heterocycles. The van der Waals surface area contributed by atoms with Crippen molar-refractivity contribution in [2.24, 2.45) is 17.0 Å². The summed E-state index contributed by atoms with van der Waals surface area (Å²) >= 11 is 6.19. The van der Waals surface area contributed by atoms with E-state index < -0.39 is 58.7 Å². The topological polar surface area (TPSA) is 151 Å². The summed E-state index contributed by atoms with van der Waals surface area (Å²) < 4.78 is 85.9. The molecule has 1 aliphatic rings. The third kappa shape index (κ3) is 6.40. The number of furan rings is 1. The lowest BCUT2D eigenvalue weighted by Crippen LogP contribution is -2.29. The van der Waals surface area contributed by atoms with Crippen molar-refractivity contribution in [2.75, 3.05) is 6.61 Å². The minimum atomic E-state index is -4.65. The lowest BCUT2D eigenvalue weighted by molar-refractivity contribution is -0.153. The van der Waals surface area contributed by atoms with Crippen molar-refractivity contribution in [1.82, 2.24) is 14.5 Å². The quantitative estimate of drug-likeness (QED) is 0.290. The number of aliphatic hydroxyl groups excluding tert-OH is 1. The van der Waals surface area contributed by atoms with Crippen LogP contribution < -0.4 is 5.14 Å². The van der Waals surface area contributed by atoms with Crippen molar-refractivity contribution < 1.29 is 44.5 Å². The fraction of sp³-hybridized carbons (Fsp3) is 0.409. The van der Waals surface area contributed by atoms with Crippen molar-refractivity contribution in [2.45, 2.75) is 37.8 Å². The molecule has 3 aromatic rings. The maximum Gasteiger partial charge on any atom is 0.449 e. The molecule has 16 heteroatoms. The van der Waals surface area contributed by atoms with Crippen LogP contribution in [0.1, 0.15) is 39.6 Å². The van der Waals surface area contributed by atoms with E-state index in [-0.39, 0.29) is 47.1 Å². The van der Waals surface area contributed by atoms with Gasteiger partial charge in [0.05, 0.1) is 30.5 Å². The van der Waals surface area contributed by atoms with E-state index in [1.54, 1.807) is 0 Å². The first-order valence-electron chi connectivity index (χ1n) is 11.1. The van der Waals surface area contributed by atoms with Crippen molar-refractivity contribution in [3.05, 3.63) is 70.4 Å². The molecule has 3 N–H and O–H groups in total. The number of rotatable bonds is 9. The fourth-order valence-electron chi connectivity index (χ4n) is 4.36. The molecule has 0 saturated heterocycles. The summed E-state index contributed by atoms with van der Waals surface area (Å²) in [6.45, 7) is -0.676. The first kappa shape index (κ1) is 28.2. The van der Waals surface area contributed by atoms with Gasteiger partial charge in [0.15, 0.2) is 5.78 Å². The number of halogens is 5. The van der Waals surface area contributed by atoms with Crippen molar-refractivity contribution in [3.63, 3.8) is 0 Å². The maximum atomic E-state index is 14.8. The van der Waals surface area contributed by atoms with Gasteiger partial charge in [-0.3, -0.25) is 8.98 Å². The van der Waals surface area contributed by atoms with Gasteiger partial charge in [-0.25, -0.2) is 19.5 Å². The number of carbonyl (C=O) groups excluding carboxylic acids is 1. The minimum Gasteiger partial charge on any atom is -0.455 e. The molecule has 1 aliphatic carbocycles. The van der Waals surface area contributed by atoms with Crippen molar-refractivity contribution in [1.29, 1.82) is 0 Å². The van der Waals surface area contributed by atoms with E-state index in [2.05, 4.69) is 14.2 Å². The average Bonchev–Trinajstić information content (AvgIpc) is 3.52. The van der Waals surface area contributed by atoms with Gasteiger partial charge in [-0.1, -0.05) is 11.6 Å². The zero-order valence-electron chi connectivity index (χ0n) is 19.3. The normalized spacial score (nSPS) is 22.2. The molecule has 0 aliphatic heterocycles. The highest BCUT2D eigenvalue weighted by Gasteiger charge is 2.43. The standard InChI is InChI=1S/C22H21ClF4N4O6S/c23-18-5-12(7-31(18)8-14-1-2-17(37-14)22(25,26)27)20(32)15-6-29-10-30-16(15)4-11-3-13(21(33)19(11)24)9-36-38(28,34)35/h1-2,5-7,10-11,13,19,21,33H,3-4,8-9H2,(H2,28,34,35)/t11-,13+,19+,21+/m0/s1. The van der Waals surface area contributed by atoms with Crippen LogP contribution in [0.3, 0.4) is 0 Å². The Bertz CT molecular complexity index is 1430. The van der Waals surface area contributed by atoms with E-state index in [0.29, 0.717) is 0 Å². The van der Waals surface area contributed by atoms with E-state index >= 15 is 0 Å². The van der Waals surface area contributed by atoms with Gasteiger partial charge in [-0.15, -0.1) is 0 Å². The number of hydrogen-bond donors (Lipinski definition) is 2. The van der Waals surface area contributed by atoms with E-state index in [9.17, 15) is 35.9 Å². The number of carbonyl (C=O) groups is 1. The molecule has 4 atom stereocenters. The summed E-state index contributed by atoms with van der Waals surface area (Å²) in [5, 5.41) is 15.0. The molecule has 0 bridgehead atoms. The first-order valence-corrected chi connectivity index (χ1v) is 12.9. The molecule has 38 heavy (non-hydrogen) atoms. The van der Waals surface area contributed by atoms with Crippen LogP contribution in [0.2, 0.25) is 5.15 Å². The van der Waals surface area contributed by atoms with E-state index in [0.717, 1.165) is 12.1 Å². The van der Waals surface area contributed by atoms with Crippen LogP contribution in [0.4, 0.5) is 17.6 Å². The monoisotopic (exact) mass is 580 g/mol. The van der Waals surface area contributed by atoms with Crippen LogP contribution in [-0.4, -0.2) is 52.7 Å². The average molecular weight is 581 g/mol. The second-order valence-corrected chi connectivity index (χ2v) is 10.4. The molecule has 0 amide bonds. The van der Waals surface area contributed by atoms with Gasteiger partial charge in [0.2, 0.25) is 5.76 Å². The Hall–Kier alpha value is -2.85. The molecular formula is C22H21ClF4N4O6S. The smallest absolute Gasteiger partial charge is 0.449 e. The maximum absolute atomic E-state index is 14.8. The van der Waals surface area contributed by atoms with E-state index in [1.807, 2.05) is 0 Å². The second kappa shape index (κ2) is 10.7. The highest BCUT2D eigenvalue weighted by Crippen LogP contribution is 2.37. The predicted octanol–water partition coefficient (Wildman–Crippen LogP) is 2.92. The Morgan fingerprint density at radius 3 is 2.71 bits per heavy atom. The SMILES string of the molecule is NS(=O)(=O)OC[C@H]1C[C@@H](Cc2ncncc2C(=O)c2cc(Cl)n(Cc3ccc(C(F)(F)F)o3)c2)[C@@H](F)[C@@H]1O. The summed E-state index contributed by atoms with van der Waals surface area (Å²) in [5.74, 6) is -3.43. The number of aliphatic hydroxyl groups is 1. The molecule has 0 aromatic carbocycles. The van der Waals surface area contributed by atoms with Crippen LogP contribution in [0, 0.1) is 11.8 Å². The molecule has 4 rings (SSSR count). The summed E-state index contributed by atoms with van der Waals surface area (Å²) in [4.78, 5) is 21.2. The zero-order chi connectivity index (χ0) is 27.8. The Morgan fingerprint density at radius 2 is 2.05 bits per heavy atom. The number of aromatic nitrogens is 3. The molecule has 10 nitrogen and oxygen atoms in total. The van der Waals surface area contributed by atoms with E-state index in [1.165, 1.54) is 29.4 Å². The van der Waals surface area contributed by atoms with Crippen LogP contribution in [-0.2, 0) is 33.6 Å². The number of hydrogen-bond acceptors (Lipinski definition) is 8. The summed E-state index contributed by atoms with van der Waals surface area (Å²) in [6, 6.07) is 3.25.